The van der Waals surface area contributed by atoms with Gasteiger partial charge < -0.3 is 4.74 Å². The Morgan fingerprint density at radius 1 is 1.42 bits per heavy atom. The molecule has 0 saturated carbocycles. The molecule has 0 fully saturated rings. The fourth-order valence-corrected chi connectivity index (χ4v) is 3.06. The lowest BCUT2D eigenvalue weighted by atomic mass is 9.85. The van der Waals surface area contributed by atoms with Crippen molar-refractivity contribution >= 4 is 23.2 Å². The maximum Gasteiger partial charge on any atom is 0.265 e. The number of benzene rings is 1. The Morgan fingerprint density at radius 2 is 2.19 bits per heavy atom. The molecule has 0 radical (unpaired) electrons. The largest absolute Gasteiger partial charge is 0.482 e. The predicted molar refractivity (Wildman–Crippen MR) is 101 cm³/mol. The number of hydrogen-bond acceptors (Lipinski definition) is 4. The van der Waals surface area contributed by atoms with Crippen LogP contribution in [0.2, 0.25) is 0 Å². The third kappa shape index (κ3) is 3.85. The Labute approximate surface area is 153 Å². The van der Waals surface area contributed by atoms with E-state index in [1.165, 1.54) is 4.90 Å². The summed E-state index contributed by atoms with van der Waals surface area (Å²) in [4.78, 5) is 25.9. The van der Waals surface area contributed by atoms with E-state index in [9.17, 15) is 9.59 Å². The van der Waals surface area contributed by atoms with Crippen molar-refractivity contribution in [2.24, 2.45) is 11.0 Å². The Kier molecular flexibility index (Phi) is 5.21. The monoisotopic (exact) mass is 353 g/mol. The predicted octanol–water partition coefficient (Wildman–Crippen LogP) is 2.82. The lowest BCUT2D eigenvalue weighted by Gasteiger charge is -2.28. The number of hydrogen-bond donors (Lipinski definition) is 1. The quantitative estimate of drug-likeness (QED) is 0.668. The van der Waals surface area contributed by atoms with Crippen LogP contribution in [0.3, 0.4) is 0 Å². The molecule has 0 bridgehead atoms. The highest BCUT2D eigenvalue weighted by Crippen LogP contribution is 2.31. The van der Waals surface area contributed by atoms with Crippen molar-refractivity contribution in [1.29, 1.82) is 0 Å². The Bertz CT molecular complexity index is 810. The summed E-state index contributed by atoms with van der Waals surface area (Å²) in [6, 6.07) is 7.17. The van der Waals surface area contributed by atoms with Crippen molar-refractivity contribution in [3.05, 3.63) is 48.1 Å². The SMILES string of the molecule is C=C(C)[C@@H]1CC=C(C)C(=NNC(=O)CN2C(=O)COc3ccccc32)C1. The molecule has 6 heteroatoms. The third-order valence-electron chi connectivity index (χ3n) is 4.73. The normalized spacial score (nSPS) is 20.9. The molecule has 1 N–H and O–H groups in total. The molecule has 0 saturated heterocycles. The molecule has 2 aliphatic rings. The molecule has 1 aliphatic heterocycles. The van der Waals surface area contributed by atoms with Crippen LogP contribution in [0, 0.1) is 5.92 Å². The van der Waals surface area contributed by atoms with Crippen molar-refractivity contribution in [3.63, 3.8) is 0 Å². The molecular formula is C20H23N3O3. The van der Waals surface area contributed by atoms with E-state index in [0.717, 1.165) is 29.7 Å². The van der Waals surface area contributed by atoms with Crippen molar-refractivity contribution in [1.82, 2.24) is 5.43 Å². The maximum absolute atomic E-state index is 12.3. The van der Waals surface area contributed by atoms with Crippen LogP contribution in [0.5, 0.6) is 5.75 Å². The third-order valence-corrected chi connectivity index (χ3v) is 4.73. The zero-order chi connectivity index (χ0) is 18.7. The topological polar surface area (TPSA) is 71.0 Å². The molecule has 3 rings (SSSR count). The second-order valence-corrected chi connectivity index (χ2v) is 6.70. The summed E-state index contributed by atoms with van der Waals surface area (Å²) in [7, 11) is 0. The van der Waals surface area contributed by atoms with E-state index in [1.807, 2.05) is 19.9 Å². The highest BCUT2D eigenvalue weighted by Gasteiger charge is 2.27. The van der Waals surface area contributed by atoms with Crippen LogP contribution in [0.15, 0.2) is 53.2 Å². The van der Waals surface area contributed by atoms with Crippen molar-refractivity contribution in [2.45, 2.75) is 26.7 Å². The first-order valence-electron chi connectivity index (χ1n) is 8.66. The Balaban J connectivity index is 1.68. The van der Waals surface area contributed by atoms with Crippen LogP contribution < -0.4 is 15.1 Å². The maximum atomic E-state index is 12.3. The van der Waals surface area contributed by atoms with E-state index in [2.05, 4.69) is 23.2 Å². The number of carbonyl (C=O) groups excluding carboxylic acids is 2. The first kappa shape index (κ1) is 17.9. The number of ether oxygens (including phenoxy) is 1. The number of para-hydroxylation sites is 2. The number of fused-ring (bicyclic) bond motifs is 1. The number of nitrogens with zero attached hydrogens (tertiary/aromatic N) is 2. The van der Waals surface area contributed by atoms with Gasteiger partial charge >= 0.3 is 0 Å². The number of rotatable bonds is 4. The summed E-state index contributed by atoms with van der Waals surface area (Å²) >= 11 is 0. The van der Waals surface area contributed by atoms with Crippen LogP contribution in [0.1, 0.15) is 26.7 Å². The number of carbonyl (C=O) groups is 2. The molecule has 1 aliphatic carbocycles. The summed E-state index contributed by atoms with van der Waals surface area (Å²) in [6.45, 7) is 7.85. The minimum Gasteiger partial charge on any atom is -0.482 e. The lowest BCUT2D eigenvalue weighted by Crippen LogP contribution is -2.44. The van der Waals surface area contributed by atoms with Gasteiger partial charge in [0.05, 0.1) is 11.4 Å². The zero-order valence-electron chi connectivity index (χ0n) is 15.1. The molecule has 1 atom stereocenters. The van der Waals surface area contributed by atoms with Gasteiger partial charge in [-0.3, -0.25) is 14.5 Å². The van der Waals surface area contributed by atoms with Gasteiger partial charge in [0, 0.05) is 0 Å². The van der Waals surface area contributed by atoms with Crippen molar-refractivity contribution in [2.75, 3.05) is 18.1 Å². The van der Waals surface area contributed by atoms with Gasteiger partial charge in [-0.15, -0.1) is 0 Å². The summed E-state index contributed by atoms with van der Waals surface area (Å²) in [6.07, 6.45) is 3.83. The first-order valence-corrected chi connectivity index (χ1v) is 8.66. The molecular weight excluding hydrogens is 330 g/mol. The molecule has 0 aromatic heterocycles. The van der Waals surface area contributed by atoms with Crippen LogP contribution in [0.4, 0.5) is 5.69 Å². The standard InChI is InChI=1S/C20H23N3O3/c1-13(2)15-9-8-14(3)16(10-15)21-22-19(24)11-23-17-6-4-5-7-18(17)26-12-20(23)25/h4-8,15H,1,9-12H2,2-3H3,(H,22,24)/t15-/m1/s1. The zero-order valence-corrected chi connectivity index (χ0v) is 15.1. The molecule has 1 aromatic carbocycles. The molecule has 6 nitrogen and oxygen atoms in total. The molecule has 0 unspecified atom stereocenters. The van der Waals surface area contributed by atoms with Gasteiger partial charge in [-0.25, -0.2) is 5.43 Å². The van der Waals surface area contributed by atoms with Gasteiger partial charge in [0.25, 0.3) is 11.8 Å². The van der Waals surface area contributed by atoms with Crippen LogP contribution in [0.25, 0.3) is 0 Å². The van der Waals surface area contributed by atoms with Crippen LogP contribution >= 0.6 is 0 Å². The molecule has 1 heterocycles. The smallest absolute Gasteiger partial charge is 0.265 e. The van der Waals surface area contributed by atoms with Gasteiger partial charge in [-0.1, -0.05) is 30.4 Å². The van der Waals surface area contributed by atoms with Gasteiger partial charge in [0.15, 0.2) is 6.61 Å². The number of amides is 2. The average Bonchev–Trinajstić information content (AvgIpc) is 2.63. The summed E-state index contributed by atoms with van der Waals surface area (Å²) in [5, 5.41) is 4.28. The van der Waals surface area contributed by atoms with Crippen molar-refractivity contribution < 1.29 is 14.3 Å². The second kappa shape index (κ2) is 7.56. The second-order valence-electron chi connectivity index (χ2n) is 6.70. The number of anilines is 1. The van der Waals surface area contributed by atoms with E-state index < -0.39 is 0 Å². The van der Waals surface area contributed by atoms with Gasteiger partial charge in [-0.05, 0) is 50.3 Å². The molecule has 136 valence electrons. The molecule has 2 amide bonds. The number of hydrazone groups is 1. The summed E-state index contributed by atoms with van der Waals surface area (Å²) < 4.78 is 5.38. The Morgan fingerprint density at radius 3 is 2.96 bits per heavy atom. The highest BCUT2D eigenvalue weighted by atomic mass is 16.5. The molecule has 0 spiro atoms. The van der Waals surface area contributed by atoms with E-state index in [0.29, 0.717) is 17.4 Å². The van der Waals surface area contributed by atoms with E-state index >= 15 is 0 Å². The fraction of sp³-hybridized carbons (Fsp3) is 0.350. The van der Waals surface area contributed by atoms with Gasteiger partial charge in [0.2, 0.25) is 0 Å². The van der Waals surface area contributed by atoms with Gasteiger partial charge in [0.1, 0.15) is 12.3 Å². The van der Waals surface area contributed by atoms with Gasteiger partial charge in [-0.2, -0.15) is 5.10 Å². The molecule has 26 heavy (non-hydrogen) atoms. The minimum absolute atomic E-state index is 0.0685. The van der Waals surface area contributed by atoms with E-state index in [1.54, 1.807) is 18.2 Å². The van der Waals surface area contributed by atoms with E-state index in [4.69, 9.17) is 4.74 Å². The van der Waals surface area contributed by atoms with E-state index in [-0.39, 0.29) is 25.0 Å². The summed E-state index contributed by atoms with van der Waals surface area (Å²) in [5.74, 6) is 0.360. The average molecular weight is 353 g/mol. The van der Waals surface area contributed by atoms with Crippen molar-refractivity contribution in [3.8, 4) is 5.75 Å². The first-order chi connectivity index (χ1) is 12.5. The minimum atomic E-state index is -0.340. The lowest BCUT2D eigenvalue weighted by molar-refractivity contribution is -0.125. The fourth-order valence-electron chi connectivity index (χ4n) is 3.06. The van der Waals surface area contributed by atoms with Crippen LogP contribution in [-0.4, -0.2) is 30.7 Å². The highest BCUT2D eigenvalue weighted by molar-refractivity contribution is 6.03. The number of allylic oxidation sites excluding steroid dienone is 3. The molecule has 1 aromatic rings. The number of nitrogens with one attached hydrogen (secondary N) is 1. The summed E-state index contributed by atoms with van der Waals surface area (Å²) in [5.41, 5.74) is 6.22. The van der Waals surface area contributed by atoms with Crippen LogP contribution in [-0.2, 0) is 9.59 Å². The Hall–Kier alpha value is -2.89.